The highest BCUT2D eigenvalue weighted by atomic mass is 19.4. The molecule has 0 radical (unpaired) electrons. The third kappa shape index (κ3) is 4.43. The number of benzene rings is 1. The summed E-state index contributed by atoms with van der Waals surface area (Å²) in [5.41, 5.74) is 1.96. The van der Waals surface area contributed by atoms with Crippen molar-refractivity contribution < 1.29 is 18.0 Å². The van der Waals surface area contributed by atoms with Crippen LogP contribution >= 0.6 is 0 Å². The normalized spacial score (nSPS) is 18.4. The van der Waals surface area contributed by atoms with Crippen molar-refractivity contribution in [1.29, 1.82) is 0 Å². The summed E-state index contributed by atoms with van der Waals surface area (Å²) in [4.78, 5) is 14.8. The molecule has 0 saturated carbocycles. The fourth-order valence-corrected chi connectivity index (χ4v) is 4.41. The lowest BCUT2D eigenvalue weighted by Gasteiger charge is -2.33. The Morgan fingerprint density at radius 2 is 1.97 bits per heavy atom. The lowest BCUT2D eigenvalue weighted by molar-refractivity contribution is -0.137. The molecule has 1 fully saturated rings. The van der Waals surface area contributed by atoms with E-state index in [0.29, 0.717) is 31.0 Å². The van der Waals surface area contributed by atoms with Crippen LogP contribution < -0.4 is 0 Å². The van der Waals surface area contributed by atoms with Gasteiger partial charge in [0, 0.05) is 31.6 Å². The molecule has 31 heavy (non-hydrogen) atoms. The van der Waals surface area contributed by atoms with Crippen LogP contribution in [0.3, 0.4) is 0 Å². The SMILES string of the molecule is Cc1ccccc1[C@H](C)CC(=O)N1CCC[C@@H](c2nnc3ccc(C(F)(F)F)cn23)C1. The van der Waals surface area contributed by atoms with Gasteiger partial charge in [0.25, 0.3) is 0 Å². The summed E-state index contributed by atoms with van der Waals surface area (Å²) >= 11 is 0. The molecule has 0 spiro atoms. The number of hydrogen-bond acceptors (Lipinski definition) is 3. The molecule has 1 amide bonds. The molecule has 5 nitrogen and oxygen atoms in total. The number of carbonyl (C=O) groups excluding carboxylic acids is 1. The van der Waals surface area contributed by atoms with Crippen molar-refractivity contribution in [2.45, 2.75) is 51.1 Å². The van der Waals surface area contributed by atoms with Crippen LogP contribution in [0.25, 0.3) is 5.65 Å². The highest BCUT2D eigenvalue weighted by Crippen LogP contribution is 2.32. The van der Waals surface area contributed by atoms with Crippen LogP contribution in [0.2, 0.25) is 0 Å². The summed E-state index contributed by atoms with van der Waals surface area (Å²) in [6, 6.07) is 10.4. The molecule has 3 aromatic rings. The number of nitrogens with zero attached hydrogens (tertiary/aromatic N) is 4. The molecule has 1 saturated heterocycles. The Morgan fingerprint density at radius 3 is 2.71 bits per heavy atom. The number of amides is 1. The number of carbonyl (C=O) groups is 1. The number of halogens is 3. The molecule has 2 atom stereocenters. The van der Waals surface area contributed by atoms with Crippen LogP contribution in [0.15, 0.2) is 42.6 Å². The van der Waals surface area contributed by atoms with E-state index < -0.39 is 11.7 Å². The Hall–Kier alpha value is -2.90. The molecule has 1 aliphatic rings. The molecule has 0 N–H and O–H groups in total. The van der Waals surface area contributed by atoms with E-state index >= 15 is 0 Å². The number of likely N-dealkylation sites (tertiary alicyclic amines) is 1. The fraction of sp³-hybridized carbons (Fsp3) is 0.435. The minimum absolute atomic E-state index is 0.0604. The molecule has 0 unspecified atom stereocenters. The van der Waals surface area contributed by atoms with Gasteiger partial charge in [-0.1, -0.05) is 31.2 Å². The van der Waals surface area contributed by atoms with Crippen molar-refractivity contribution in [2.75, 3.05) is 13.1 Å². The summed E-state index contributed by atoms with van der Waals surface area (Å²) in [7, 11) is 0. The van der Waals surface area contributed by atoms with Crippen molar-refractivity contribution >= 4 is 11.6 Å². The van der Waals surface area contributed by atoms with Gasteiger partial charge in [-0.25, -0.2) is 0 Å². The maximum Gasteiger partial charge on any atom is 0.417 e. The molecule has 3 heterocycles. The summed E-state index contributed by atoms with van der Waals surface area (Å²) < 4.78 is 40.9. The second kappa shape index (κ2) is 8.32. The first-order valence-corrected chi connectivity index (χ1v) is 10.5. The lowest BCUT2D eigenvalue weighted by atomic mass is 9.92. The zero-order chi connectivity index (χ0) is 22.2. The van der Waals surface area contributed by atoms with Crippen LogP contribution in [0.1, 0.15) is 60.5 Å². The van der Waals surface area contributed by atoms with E-state index in [0.717, 1.165) is 36.2 Å². The molecule has 0 aliphatic carbocycles. The third-order valence-corrected chi connectivity index (χ3v) is 6.10. The Kier molecular flexibility index (Phi) is 5.73. The summed E-state index contributed by atoms with van der Waals surface area (Å²) in [6.07, 6.45) is -1.45. The summed E-state index contributed by atoms with van der Waals surface area (Å²) in [5.74, 6) is 0.484. The highest BCUT2D eigenvalue weighted by Gasteiger charge is 2.33. The largest absolute Gasteiger partial charge is 0.417 e. The van der Waals surface area contributed by atoms with Gasteiger partial charge in [-0.05, 0) is 48.9 Å². The van der Waals surface area contributed by atoms with Gasteiger partial charge in [-0.3, -0.25) is 9.20 Å². The molecule has 4 rings (SSSR count). The second-order valence-corrected chi connectivity index (χ2v) is 8.34. The van der Waals surface area contributed by atoms with Crippen molar-refractivity contribution in [3.8, 4) is 0 Å². The van der Waals surface area contributed by atoms with E-state index in [4.69, 9.17) is 0 Å². The molecule has 164 valence electrons. The van der Waals surface area contributed by atoms with Crippen molar-refractivity contribution in [3.63, 3.8) is 0 Å². The Bertz CT molecular complexity index is 1090. The summed E-state index contributed by atoms with van der Waals surface area (Å²) in [6.45, 7) is 5.18. The van der Waals surface area contributed by atoms with Gasteiger partial charge in [0.05, 0.1) is 5.56 Å². The average Bonchev–Trinajstić information content (AvgIpc) is 3.17. The Balaban J connectivity index is 1.51. The first-order valence-electron chi connectivity index (χ1n) is 10.5. The van der Waals surface area contributed by atoms with Crippen LogP contribution in [0, 0.1) is 6.92 Å². The van der Waals surface area contributed by atoms with Gasteiger partial charge in [0.15, 0.2) is 5.65 Å². The van der Waals surface area contributed by atoms with E-state index in [-0.39, 0.29) is 17.7 Å². The van der Waals surface area contributed by atoms with Crippen molar-refractivity contribution in [1.82, 2.24) is 19.5 Å². The number of piperidine rings is 1. The maximum absolute atomic E-state index is 13.1. The number of aromatic nitrogens is 3. The van der Waals surface area contributed by atoms with Crippen molar-refractivity contribution in [2.24, 2.45) is 0 Å². The van der Waals surface area contributed by atoms with Gasteiger partial charge >= 0.3 is 6.18 Å². The molecular formula is C23H25F3N4O. The van der Waals surface area contributed by atoms with Gasteiger partial charge in [-0.2, -0.15) is 13.2 Å². The summed E-state index contributed by atoms with van der Waals surface area (Å²) in [5, 5.41) is 8.19. The number of fused-ring (bicyclic) bond motifs is 1. The van der Waals surface area contributed by atoms with E-state index in [1.165, 1.54) is 10.5 Å². The minimum Gasteiger partial charge on any atom is -0.342 e. The van der Waals surface area contributed by atoms with Crippen LogP contribution in [-0.4, -0.2) is 38.5 Å². The monoisotopic (exact) mass is 430 g/mol. The maximum atomic E-state index is 13.1. The van der Waals surface area contributed by atoms with E-state index in [9.17, 15) is 18.0 Å². The predicted molar refractivity (Wildman–Crippen MR) is 111 cm³/mol. The topological polar surface area (TPSA) is 50.5 Å². The molecule has 2 aromatic heterocycles. The quantitative estimate of drug-likeness (QED) is 0.588. The van der Waals surface area contributed by atoms with Crippen LogP contribution in [0.5, 0.6) is 0 Å². The second-order valence-electron chi connectivity index (χ2n) is 8.34. The first kappa shape index (κ1) is 21.3. The van der Waals surface area contributed by atoms with E-state index in [2.05, 4.69) is 10.2 Å². The molecule has 0 bridgehead atoms. The van der Waals surface area contributed by atoms with Gasteiger partial charge in [-0.15, -0.1) is 10.2 Å². The standard InChI is InChI=1S/C23H25F3N4O/c1-15-6-3-4-8-19(15)16(2)12-21(31)29-11-5-7-17(13-29)22-28-27-20-10-9-18(14-30(20)22)23(24,25)26/h3-4,6,8-10,14,16-17H,5,7,11-13H2,1-2H3/t16-,17-/m1/s1. The lowest BCUT2D eigenvalue weighted by Crippen LogP contribution is -2.40. The molecule has 8 heteroatoms. The zero-order valence-electron chi connectivity index (χ0n) is 17.6. The third-order valence-electron chi connectivity index (χ3n) is 6.10. The minimum atomic E-state index is -4.43. The van der Waals surface area contributed by atoms with E-state index in [1.54, 1.807) is 0 Å². The van der Waals surface area contributed by atoms with Crippen LogP contribution in [-0.2, 0) is 11.0 Å². The average molecular weight is 430 g/mol. The number of pyridine rings is 1. The smallest absolute Gasteiger partial charge is 0.342 e. The number of aryl methyl sites for hydroxylation is 1. The molecular weight excluding hydrogens is 405 g/mol. The molecule has 1 aromatic carbocycles. The predicted octanol–water partition coefficient (Wildman–Crippen LogP) is 4.96. The van der Waals surface area contributed by atoms with Crippen LogP contribution in [0.4, 0.5) is 13.2 Å². The first-order chi connectivity index (χ1) is 14.7. The fourth-order valence-electron chi connectivity index (χ4n) is 4.41. The number of rotatable bonds is 4. The molecule has 1 aliphatic heterocycles. The number of hydrogen-bond donors (Lipinski definition) is 0. The Morgan fingerprint density at radius 1 is 1.19 bits per heavy atom. The van der Waals surface area contributed by atoms with Gasteiger partial charge < -0.3 is 4.90 Å². The number of alkyl halides is 3. The zero-order valence-corrected chi connectivity index (χ0v) is 17.6. The highest BCUT2D eigenvalue weighted by molar-refractivity contribution is 5.77. The van der Waals surface area contributed by atoms with Gasteiger partial charge in [0.1, 0.15) is 5.82 Å². The van der Waals surface area contributed by atoms with E-state index in [1.807, 2.05) is 43.0 Å². The van der Waals surface area contributed by atoms with Crippen molar-refractivity contribution in [3.05, 3.63) is 65.1 Å². The van der Waals surface area contributed by atoms with Gasteiger partial charge in [0.2, 0.25) is 5.91 Å². The Labute approximate surface area is 178 Å².